The summed E-state index contributed by atoms with van der Waals surface area (Å²) in [7, 11) is 1.63. The third-order valence-corrected chi connectivity index (χ3v) is 6.67. The molecule has 0 saturated carbocycles. The van der Waals surface area contributed by atoms with E-state index in [0.29, 0.717) is 17.2 Å². The molecule has 1 amide bonds. The monoisotopic (exact) mass is 431 g/mol. The van der Waals surface area contributed by atoms with Gasteiger partial charge in [0.1, 0.15) is 5.75 Å². The molecule has 0 aliphatic carbocycles. The van der Waals surface area contributed by atoms with Crippen molar-refractivity contribution in [2.45, 2.75) is 6.54 Å². The maximum atomic E-state index is 13.6. The Kier molecular flexibility index (Phi) is 4.90. The van der Waals surface area contributed by atoms with Crippen LogP contribution in [-0.4, -0.2) is 23.0 Å². The molecule has 0 aliphatic rings. The van der Waals surface area contributed by atoms with Crippen molar-refractivity contribution in [2.75, 3.05) is 12.0 Å². The number of nitrogens with zero attached hydrogens (tertiary/aromatic N) is 3. The van der Waals surface area contributed by atoms with Gasteiger partial charge >= 0.3 is 0 Å². The predicted molar refractivity (Wildman–Crippen MR) is 123 cm³/mol. The molecule has 7 heteroatoms. The van der Waals surface area contributed by atoms with E-state index in [4.69, 9.17) is 9.72 Å². The lowest BCUT2D eigenvalue weighted by Gasteiger charge is -2.20. The molecular formula is C23H17N3O2S2. The van der Waals surface area contributed by atoms with Crippen LogP contribution in [0.5, 0.6) is 5.75 Å². The number of thiazole rings is 2. The minimum Gasteiger partial charge on any atom is -0.497 e. The molecule has 0 bridgehead atoms. The molecule has 3 aromatic carbocycles. The first-order chi connectivity index (χ1) is 14.7. The van der Waals surface area contributed by atoms with E-state index in [9.17, 15) is 4.79 Å². The minimum atomic E-state index is -0.0832. The normalized spacial score (nSPS) is 11.1. The highest BCUT2D eigenvalue weighted by molar-refractivity contribution is 7.22. The van der Waals surface area contributed by atoms with Crippen molar-refractivity contribution in [3.63, 3.8) is 0 Å². The predicted octanol–water partition coefficient (Wildman–Crippen LogP) is 5.76. The zero-order valence-corrected chi connectivity index (χ0v) is 17.7. The van der Waals surface area contributed by atoms with E-state index < -0.39 is 0 Å². The standard InChI is InChI=1S/C23H17N3O2S2/c1-28-17-8-10-20-19(12-17)25-23(30-20)26(13-15-5-3-2-4-6-15)22(27)16-7-9-18-21(11-16)29-14-24-18/h2-12,14H,13H2,1H3. The second-order valence-corrected chi connectivity index (χ2v) is 8.64. The molecule has 30 heavy (non-hydrogen) atoms. The van der Waals surface area contributed by atoms with Crippen molar-refractivity contribution in [2.24, 2.45) is 0 Å². The van der Waals surface area contributed by atoms with Gasteiger partial charge in [-0.25, -0.2) is 9.97 Å². The number of hydrogen-bond acceptors (Lipinski definition) is 6. The van der Waals surface area contributed by atoms with Crippen molar-refractivity contribution < 1.29 is 9.53 Å². The Morgan fingerprint density at radius 3 is 2.70 bits per heavy atom. The number of amides is 1. The smallest absolute Gasteiger partial charge is 0.260 e. The maximum Gasteiger partial charge on any atom is 0.260 e. The molecule has 0 atom stereocenters. The van der Waals surface area contributed by atoms with E-state index in [2.05, 4.69) is 4.98 Å². The number of methoxy groups -OCH3 is 1. The van der Waals surface area contributed by atoms with Gasteiger partial charge in [-0.1, -0.05) is 41.7 Å². The van der Waals surface area contributed by atoms with Gasteiger partial charge in [0.05, 0.1) is 39.6 Å². The molecule has 5 rings (SSSR count). The number of benzene rings is 3. The van der Waals surface area contributed by atoms with E-state index in [1.807, 2.05) is 66.7 Å². The first kappa shape index (κ1) is 18.7. The Labute approximate surface area is 181 Å². The summed E-state index contributed by atoms with van der Waals surface area (Å²) in [5, 5.41) is 0.663. The van der Waals surface area contributed by atoms with Gasteiger partial charge in [-0.3, -0.25) is 9.69 Å². The molecule has 5 nitrogen and oxygen atoms in total. The number of ether oxygens (including phenoxy) is 1. The van der Waals surface area contributed by atoms with Crippen LogP contribution >= 0.6 is 22.7 Å². The van der Waals surface area contributed by atoms with Gasteiger partial charge in [0.2, 0.25) is 0 Å². The Morgan fingerprint density at radius 1 is 1.00 bits per heavy atom. The van der Waals surface area contributed by atoms with Crippen LogP contribution in [0.2, 0.25) is 0 Å². The van der Waals surface area contributed by atoms with Crippen LogP contribution in [0.1, 0.15) is 15.9 Å². The average molecular weight is 432 g/mol. The van der Waals surface area contributed by atoms with Crippen molar-refractivity contribution in [1.82, 2.24) is 9.97 Å². The largest absolute Gasteiger partial charge is 0.497 e. The lowest BCUT2D eigenvalue weighted by atomic mass is 10.1. The van der Waals surface area contributed by atoms with Crippen LogP contribution in [0.15, 0.2) is 72.2 Å². The van der Waals surface area contributed by atoms with Crippen LogP contribution in [0, 0.1) is 0 Å². The zero-order chi connectivity index (χ0) is 20.5. The van der Waals surface area contributed by atoms with E-state index in [0.717, 1.165) is 31.7 Å². The van der Waals surface area contributed by atoms with Gasteiger partial charge in [0.15, 0.2) is 5.13 Å². The molecule has 2 aromatic heterocycles. The highest BCUT2D eigenvalue weighted by atomic mass is 32.1. The lowest BCUT2D eigenvalue weighted by molar-refractivity contribution is 0.0985. The van der Waals surface area contributed by atoms with Crippen LogP contribution in [0.25, 0.3) is 20.4 Å². The second-order valence-electron chi connectivity index (χ2n) is 6.74. The molecule has 2 heterocycles. The quantitative estimate of drug-likeness (QED) is 0.355. The number of carbonyl (C=O) groups is 1. The molecule has 0 saturated heterocycles. The topological polar surface area (TPSA) is 55.3 Å². The molecule has 148 valence electrons. The van der Waals surface area contributed by atoms with Crippen molar-refractivity contribution in [3.05, 3.63) is 83.4 Å². The fourth-order valence-corrected chi connectivity index (χ4v) is 4.93. The molecule has 0 N–H and O–H groups in total. The summed E-state index contributed by atoms with van der Waals surface area (Å²) in [5.41, 5.74) is 5.18. The highest BCUT2D eigenvalue weighted by Crippen LogP contribution is 2.33. The number of carbonyl (C=O) groups excluding carboxylic acids is 1. The molecule has 5 aromatic rings. The van der Waals surface area contributed by atoms with Crippen LogP contribution in [0.3, 0.4) is 0 Å². The summed E-state index contributed by atoms with van der Waals surface area (Å²) >= 11 is 3.03. The van der Waals surface area contributed by atoms with Gasteiger partial charge in [0, 0.05) is 11.6 Å². The number of anilines is 1. The fourth-order valence-electron chi connectivity index (χ4n) is 3.27. The molecule has 0 unspecified atom stereocenters. The molecular weight excluding hydrogens is 414 g/mol. The minimum absolute atomic E-state index is 0.0832. The van der Waals surface area contributed by atoms with Gasteiger partial charge in [-0.2, -0.15) is 0 Å². The summed E-state index contributed by atoms with van der Waals surface area (Å²) < 4.78 is 7.32. The van der Waals surface area contributed by atoms with Crippen LogP contribution < -0.4 is 9.64 Å². The van der Waals surface area contributed by atoms with Gasteiger partial charge in [0.25, 0.3) is 5.91 Å². The molecule has 0 spiro atoms. The molecule has 0 aliphatic heterocycles. The Morgan fingerprint density at radius 2 is 1.87 bits per heavy atom. The first-order valence-electron chi connectivity index (χ1n) is 9.35. The summed E-state index contributed by atoms with van der Waals surface area (Å²) in [6, 6.07) is 21.4. The summed E-state index contributed by atoms with van der Waals surface area (Å²) in [4.78, 5) is 24.4. The number of hydrogen-bond donors (Lipinski definition) is 0. The van der Waals surface area contributed by atoms with E-state index >= 15 is 0 Å². The third-order valence-electron chi connectivity index (χ3n) is 4.82. The van der Waals surface area contributed by atoms with Gasteiger partial charge in [-0.05, 0) is 35.9 Å². The van der Waals surface area contributed by atoms with E-state index in [1.54, 1.807) is 17.5 Å². The fraction of sp³-hybridized carbons (Fsp3) is 0.0870. The SMILES string of the molecule is COc1ccc2sc(N(Cc3ccccc3)C(=O)c3ccc4ncsc4c3)nc2c1. The number of aromatic nitrogens is 2. The van der Waals surface area contributed by atoms with Crippen molar-refractivity contribution in [3.8, 4) is 5.75 Å². The lowest BCUT2D eigenvalue weighted by Crippen LogP contribution is -2.30. The Bertz CT molecular complexity index is 1340. The van der Waals surface area contributed by atoms with Crippen molar-refractivity contribution in [1.29, 1.82) is 0 Å². The molecule has 0 fully saturated rings. The third kappa shape index (κ3) is 3.53. The highest BCUT2D eigenvalue weighted by Gasteiger charge is 2.22. The maximum absolute atomic E-state index is 13.6. The van der Waals surface area contributed by atoms with E-state index in [-0.39, 0.29) is 5.91 Å². The Hall–Kier alpha value is -3.29. The van der Waals surface area contributed by atoms with Crippen LogP contribution in [0.4, 0.5) is 5.13 Å². The summed E-state index contributed by atoms with van der Waals surface area (Å²) in [6.45, 7) is 0.442. The van der Waals surface area contributed by atoms with Gasteiger partial charge in [-0.15, -0.1) is 11.3 Å². The number of rotatable bonds is 5. The summed E-state index contributed by atoms with van der Waals surface area (Å²) in [6.07, 6.45) is 0. The average Bonchev–Trinajstić information content (AvgIpc) is 3.43. The van der Waals surface area contributed by atoms with Crippen LogP contribution in [-0.2, 0) is 6.54 Å². The first-order valence-corrected chi connectivity index (χ1v) is 11.0. The van der Waals surface area contributed by atoms with Crippen molar-refractivity contribution >= 4 is 54.1 Å². The molecule has 0 radical (unpaired) electrons. The van der Waals surface area contributed by atoms with Gasteiger partial charge < -0.3 is 4.74 Å². The van der Waals surface area contributed by atoms with E-state index in [1.165, 1.54) is 22.7 Å². The number of fused-ring (bicyclic) bond motifs is 2. The second kappa shape index (κ2) is 7.85. The zero-order valence-electron chi connectivity index (χ0n) is 16.1. The summed E-state index contributed by atoms with van der Waals surface area (Å²) in [5.74, 6) is 0.663. The Balaban J connectivity index is 1.58.